The maximum absolute atomic E-state index is 5.25. The van der Waals surface area contributed by atoms with E-state index in [-0.39, 0.29) is 6.04 Å². The molecular formula is C17H19NO2. The smallest absolute Gasteiger partial charge is 0.123 e. The zero-order valence-corrected chi connectivity index (χ0v) is 12.0. The molecule has 20 heavy (non-hydrogen) atoms. The lowest BCUT2D eigenvalue weighted by Gasteiger charge is -2.08. The first kappa shape index (κ1) is 14.1. The van der Waals surface area contributed by atoms with Crippen LogP contribution in [0.5, 0.6) is 11.5 Å². The highest BCUT2D eigenvalue weighted by Crippen LogP contribution is 2.22. The summed E-state index contributed by atoms with van der Waals surface area (Å²) in [6.45, 7) is 2.07. The van der Waals surface area contributed by atoms with Crippen LogP contribution in [0.3, 0.4) is 0 Å². The van der Waals surface area contributed by atoms with Gasteiger partial charge in [0.25, 0.3) is 0 Å². The Kier molecular flexibility index (Phi) is 4.77. The molecule has 3 nitrogen and oxygen atoms in total. The lowest BCUT2D eigenvalue weighted by atomic mass is 10.1. The molecule has 0 aliphatic rings. The van der Waals surface area contributed by atoms with Gasteiger partial charge in [0, 0.05) is 12.3 Å². The quantitative estimate of drug-likeness (QED) is 0.771. The molecule has 0 amide bonds. The highest BCUT2D eigenvalue weighted by Gasteiger charge is 2.03. The van der Waals surface area contributed by atoms with E-state index in [4.69, 9.17) is 9.47 Å². The van der Waals surface area contributed by atoms with Gasteiger partial charge < -0.3 is 9.47 Å². The van der Waals surface area contributed by atoms with Crippen LogP contribution in [0.4, 0.5) is 0 Å². The van der Waals surface area contributed by atoms with Crippen LogP contribution in [0.1, 0.15) is 24.1 Å². The van der Waals surface area contributed by atoms with Crippen molar-refractivity contribution in [2.75, 3.05) is 14.2 Å². The zero-order chi connectivity index (χ0) is 14.4. The van der Waals surface area contributed by atoms with Gasteiger partial charge in [0.05, 0.1) is 20.3 Å². The summed E-state index contributed by atoms with van der Waals surface area (Å²) in [5.74, 6) is 1.52. The number of ether oxygens (including phenoxy) is 2. The zero-order valence-electron chi connectivity index (χ0n) is 12.0. The molecule has 1 atom stereocenters. The van der Waals surface area contributed by atoms with Crippen molar-refractivity contribution in [2.45, 2.75) is 13.0 Å². The third-order valence-corrected chi connectivity index (χ3v) is 3.10. The molecule has 1 unspecified atom stereocenters. The summed E-state index contributed by atoms with van der Waals surface area (Å²) in [6, 6.07) is 16.0. The molecule has 0 aliphatic heterocycles. The summed E-state index contributed by atoms with van der Waals surface area (Å²) >= 11 is 0. The maximum Gasteiger partial charge on any atom is 0.123 e. The Morgan fingerprint density at radius 3 is 2.10 bits per heavy atom. The fourth-order valence-electron chi connectivity index (χ4n) is 1.92. The summed E-state index contributed by atoms with van der Waals surface area (Å²) in [5, 5.41) is 0. The van der Waals surface area contributed by atoms with E-state index >= 15 is 0 Å². The molecular weight excluding hydrogens is 250 g/mol. The van der Waals surface area contributed by atoms with E-state index < -0.39 is 0 Å². The minimum Gasteiger partial charge on any atom is -0.497 e. The Morgan fingerprint density at radius 1 is 0.950 bits per heavy atom. The first-order valence-corrected chi connectivity index (χ1v) is 6.54. The monoisotopic (exact) mass is 269 g/mol. The number of nitrogens with zero attached hydrogens (tertiary/aromatic N) is 1. The molecule has 0 saturated carbocycles. The second-order valence-electron chi connectivity index (χ2n) is 4.51. The minimum atomic E-state index is 0.119. The van der Waals surface area contributed by atoms with Gasteiger partial charge in [0.1, 0.15) is 11.5 Å². The van der Waals surface area contributed by atoms with E-state index in [9.17, 15) is 0 Å². The van der Waals surface area contributed by atoms with Gasteiger partial charge in [-0.25, -0.2) is 0 Å². The largest absolute Gasteiger partial charge is 0.497 e. The van der Waals surface area contributed by atoms with Crippen molar-refractivity contribution in [3.05, 3.63) is 59.7 Å². The molecule has 0 saturated heterocycles. The lowest BCUT2D eigenvalue weighted by molar-refractivity contribution is 0.394. The molecule has 0 spiro atoms. The second-order valence-corrected chi connectivity index (χ2v) is 4.51. The summed E-state index contributed by atoms with van der Waals surface area (Å²) in [4.78, 5) is 4.58. The summed E-state index contributed by atoms with van der Waals surface area (Å²) in [5.41, 5.74) is 2.16. The summed E-state index contributed by atoms with van der Waals surface area (Å²) in [6.07, 6.45) is 1.85. The molecule has 0 aromatic heterocycles. The van der Waals surface area contributed by atoms with Crippen molar-refractivity contribution in [3.8, 4) is 11.5 Å². The molecule has 2 aromatic carbocycles. The average molecular weight is 269 g/mol. The Balaban J connectivity index is 2.18. The predicted molar refractivity (Wildman–Crippen MR) is 82.0 cm³/mol. The lowest BCUT2D eigenvalue weighted by Crippen LogP contribution is -1.93. The van der Waals surface area contributed by atoms with Crippen LogP contribution < -0.4 is 9.47 Å². The van der Waals surface area contributed by atoms with Crippen molar-refractivity contribution in [1.29, 1.82) is 0 Å². The van der Waals surface area contributed by atoms with Crippen LogP contribution in [-0.4, -0.2) is 20.4 Å². The number of hydrogen-bond acceptors (Lipinski definition) is 3. The van der Waals surface area contributed by atoms with Gasteiger partial charge in [-0.3, -0.25) is 4.99 Å². The van der Waals surface area contributed by atoms with Gasteiger partial charge in [-0.1, -0.05) is 30.3 Å². The molecule has 0 radical (unpaired) electrons. The van der Waals surface area contributed by atoms with Crippen molar-refractivity contribution in [3.63, 3.8) is 0 Å². The van der Waals surface area contributed by atoms with E-state index in [2.05, 4.69) is 24.0 Å². The van der Waals surface area contributed by atoms with E-state index in [0.29, 0.717) is 0 Å². The molecule has 2 rings (SSSR count). The van der Waals surface area contributed by atoms with E-state index in [0.717, 1.165) is 17.1 Å². The predicted octanol–water partition coefficient (Wildman–Crippen LogP) is 3.88. The Hall–Kier alpha value is -2.29. The summed E-state index contributed by atoms with van der Waals surface area (Å²) in [7, 11) is 3.28. The van der Waals surface area contributed by atoms with Gasteiger partial charge in [0.15, 0.2) is 0 Å². The number of methoxy groups -OCH3 is 2. The topological polar surface area (TPSA) is 30.8 Å². The number of hydrogen-bond donors (Lipinski definition) is 0. The molecule has 0 heterocycles. The minimum absolute atomic E-state index is 0.119. The van der Waals surface area contributed by atoms with Gasteiger partial charge in [0.2, 0.25) is 0 Å². The number of aliphatic imine (C=N–C) groups is 1. The van der Waals surface area contributed by atoms with Crippen LogP contribution in [0, 0.1) is 0 Å². The highest BCUT2D eigenvalue weighted by molar-refractivity contribution is 5.81. The van der Waals surface area contributed by atoms with Crippen LogP contribution >= 0.6 is 0 Å². The van der Waals surface area contributed by atoms with Gasteiger partial charge in [-0.05, 0) is 30.2 Å². The molecule has 0 aliphatic carbocycles. The van der Waals surface area contributed by atoms with Gasteiger partial charge >= 0.3 is 0 Å². The number of benzene rings is 2. The van der Waals surface area contributed by atoms with Gasteiger partial charge in [-0.2, -0.15) is 0 Å². The SMILES string of the molecule is COc1cc(C=NC(C)c2ccccc2)cc(OC)c1. The highest BCUT2D eigenvalue weighted by atomic mass is 16.5. The maximum atomic E-state index is 5.25. The van der Waals surface area contributed by atoms with Crippen molar-refractivity contribution in [2.24, 2.45) is 4.99 Å². The molecule has 0 bridgehead atoms. The number of rotatable bonds is 5. The van der Waals surface area contributed by atoms with Crippen LogP contribution in [0.2, 0.25) is 0 Å². The Morgan fingerprint density at radius 2 is 1.55 bits per heavy atom. The normalized spacial score (nSPS) is 12.3. The molecule has 0 N–H and O–H groups in total. The standard InChI is InChI=1S/C17H19NO2/c1-13(15-7-5-4-6-8-15)18-12-14-9-16(19-2)11-17(10-14)20-3/h4-13H,1-3H3. The Bertz CT molecular complexity index is 557. The van der Waals surface area contributed by atoms with Crippen LogP contribution in [0.15, 0.2) is 53.5 Å². The van der Waals surface area contributed by atoms with Crippen molar-refractivity contribution >= 4 is 6.21 Å². The Labute approximate surface area is 119 Å². The molecule has 2 aromatic rings. The first-order chi connectivity index (χ1) is 9.72. The fourth-order valence-corrected chi connectivity index (χ4v) is 1.92. The molecule has 0 fully saturated rings. The third-order valence-electron chi connectivity index (χ3n) is 3.10. The van der Waals surface area contributed by atoms with E-state index in [1.54, 1.807) is 14.2 Å². The van der Waals surface area contributed by atoms with E-state index in [1.165, 1.54) is 5.56 Å². The second kappa shape index (κ2) is 6.75. The molecule has 3 heteroatoms. The van der Waals surface area contributed by atoms with Crippen molar-refractivity contribution < 1.29 is 9.47 Å². The van der Waals surface area contributed by atoms with Crippen molar-refractivity contribution in [1.82, 2.24) is 0 Å². The third kappa shape index (κ3) is 3.60. The van der Waals surface area contributed by atoms with E-state index in [1.807, 2.05) is 42.6 Å². The molecule has 104 valence electrons. The first-order valence-electron chi connectivity index (χ1n) is 6.54. The summed E-state index contributed by atoms with van der Waals surface area (Å²) < 4.78 is 10.5. The van der Waals surface area contributed by atoms with Crippen LogP contribution in [0.25, 0.3) is 0 Å². The fraction of sp³-hybridized carbons (Fsp3) is 0.235. The average Bonchev–Trinajstić information content (AvgIpc) is 2.53. The van der Waals surface area contributed by atoms with Crippen LogP contribution in [-0.2, 0) is 0 Å². The van der Waals surface area contributed by atoms with Gasteiger partial charge in [-0.15, -0.1) is 0 Å².